The third-order valence-electron chi connectivity index (χ3n) is 4.11. The van der Waals surface area contributed by atoms with Crippen molar-refractivity contribution in [2.24, 2.45) is 0 Å². The van der Waals surface area contributed by atoms with E-state index in [-0.39, 0.29) is 18.1 Å². The Hall–Kier alpha value is -3.58. The van der Waals surface area contributed by atoms with Crippen LogP contribution < -0.4 is 15.6 Å². The molecule has 2 heterocycles. The highest BCUT2D eigenvalue weighted by Crippen LogP contribution is 2.19. The summed E-state index contributed by atoms with van der Waals surface area (Å²) in [5, 5.41) is 3.37. The largest absolute Gasteiger partial charge is 0.487 e. The van der Waals surface area contributed by atoms with E-state index in [0.29, 0.717) is 39.1 Å². The minimum atomic E-state index is -0.314. The van der Waals surface area contributed by atoms with Crippen LogP contribution in [0.15, 0.2) is 70.0 Å². The molecule has 0 unspecified atom stereocenters. The van der Waals surface area contributed by atoms with Crippen LogP contribution in [0.4, 0.5) is 5.69 Å². The van der Waals surface area contributed by atoms with Crippen molar-refractivity contribution in [2.75, 3.05) is 5.32 Å². The third kappa shape index (κ3) is 4.30. The summed E-state index contributed by atoms with van der Waals surface area (Å²) >= 11 is 5.85. The second-order valence-electron chi connectivity index (χ2n) is 6.36. The van der Waals surface area contributed by atoms with Crippen molar-refractivity contribution in [1.82, 2.24) is 9.56 Å². The minimum absolute atomic E-state index is 0.102. The van der Waals surface area contributed by atoms with Gasteiger partial charge in [0.25, 0.3) is 11.5 Å². The molecule has 0 spiro atoms. The van der Waals surface area contributed by atoms with E-state index in [4.69, 9.17) is 20.9 Å². The summed E-state index contributed by atoms with van der Waals surface area (Å²) in [4.78, 5) is 28.8. The lowest BCUT2D eigenvalue weighted by atomic mass is 10.2. The molecule has 1 amide bonds. The molecule has 0 saturated carbocycles. The maximum atomic E-state index is 12.3. The minimum Gasteiger partial charge on any atom is -0.487 e. The average molecular weight is 410 g/mol. The predicted octanol–water partition coefficient (Wildman–Crippen LogP) is 4.08. The number of carbonyl (C=O) groups excluding carboxylic acids is 1. The quantitative estimate of drug-likeness (QED) is 0.536. The molecule has 0 saturated heterocycles. The van der Waals surface area contributed by atoms with Crippen LogP contribution in [0.5, 0.6) is 5.75 Å². The van der Waals surface area contributed by atoms with Gasteiger partial charge in [-0.05, 0) is 43.3 Å². The molecule has 7 nitrogen and oxygen atoms in total. The second kappa shape index (κ2) is 7.81. The number of benzene rings is 2. The number of ether oxygens (including phenoxy) is 1. The normalized spacial score (nSPS) is 10.8. The van der Waals surface area contributed by atoms with Crippen molar-refractivity contribution in [3.8, 4) is 5.75 Å². The first-order valence-electron chi connectivity index (χ1n) is 8.77. The van der Waals surface area contributed by atoms with Gasteiger partial charge < -0.3 is 14.6 Å². The zero-order valence-corrected chi connectivity index (χ0v) is 16.1. The Bertz CT molecular complexity index is 1250. The van der Waals surface area contributed by atoms with Crippen LogP contribution in [0.3, 0.4) is 0 Å². The van der Waals surface area contributed by atoms with Crippen LogP contribution >= 0.6 is 11.6 Å². The number of aryl methyl sites for hydroxylation is 1. The Morgan fingerprint density at radius 1 is 1.17 bits per heavy atom. The summed E-state index contributed by atoms with van der Waals surface area (Å²) in [6.07, 6.45) is 0. The van der Waals surface area contributed by atoms with Crippen molar-refractivity contribution >= 4 is 28.8 Å². The smallest absolute Gasteiger partial charge is 0.287 e. The summed E-state index contributed by atoms with van der Waals surface area (Å²) in [6.45, 7) is 1.85. The molecular formula is C21H16ClN3O4. The van der Waals surface area contributed by atoms with Gasteiger partial charge in [0.05, 0.1) is 5.69 Å². The van der Waals surface area contributed by atoms with Crippen molar-refractivity contribution in [1.29, 1.82) is 0 Å². The topological polar surface area (TPSA) is 85.8 Å². The van der Waals surface area contributed by atoms with E-state index in [9.17, 15) is 9.59 Å². The molecule has 4 aromatic rings. The lowest BCUT2D eigenvalue weighted by Crippen LogP contribution is -2.14. The van der Waals surface area contributed by atoms with Crippen LogP contribution in [-0.2, 0) is 6.61 Å². The van der Waals surface area contributed by atoms with E-state index in [1.54, 1.807) is 61.5 Å². The number of rotatable bonds is 5. The number of amides is 1. The SMILES string of the molecule is Cc1cc2nc(COc3cccc(NC(=O)c4ccc(Cl)cc4)c3)cc(=O)n2o1. The van der Waals surface area contributed by atoms with Gasteiger partial charge in [0.15, 0.2) is 5.65 Å². The molecule has 29 heavy (non-hydrogen) atoms. The van der Waals surface area contributed by atoms with Crippen LogP contribution in [0.25, 0.3) is 5.65 Å². The van der Waals surface area contributed by atoms with Gasteiger partial charge in [-0.3, -0.25) is 9.59 Å². The molecule has 0 aliphatic heterocycles. The van der Waals surface area contributed by atoms with E-state index >= 15 is 0 Å². The first-order chi connectivity index (χ1) is 14.0. The Morgan fingerprint density at radius 2 is 1.97 bits per heavy atom. The third-order valence-corrected chi connectivity index (χ3v) is 4.36. The van der Waals surface area contributed by atoms with Gasteiger partial charge in [-0.15, -0.1) is 4.57 Å². The lowest BCUT2D eigenvalue weighted by molar-refractivity contribution is 0.102. The number of anilines is 1. The second-order valence-corrected chi connectivity index (χ2v) is 6.80. The van der Waals surface area contributed by atoms with Crippen molar-refractivity contribution in [2.45, 2.75) is 13.5 Å². The molecule has 146 valence electrons. The maximum Gasteiger partial charge on any atom is 0.287 e. The maximum absolute atomic E-state index is 12.3. The van der Waals surface area contributed by atoms with Crippen LogP contribution in [0.2, 0.25) is 5.02 Å². The molecule has 0 fully saturated rings. The molecule has 8 heteroatoms. The molecule has 0 atom stereocenters. The molecule has 0 aliphatic rings. The molecule has 1 N–H and O–H groups in total. The standard InChI is InChI=1S/C21H16ClN3O4/c1-13-9-19-23-17(11-20(26)25(19)29-13)12-28-18-4-2-3-16(10-18)24-21(27)14-5-7-15(22)8-6-14/h2-11H,12H2,1H3,(H,24,27). The van der Waals surface area contributed by atoms with E-state index in [2.05, 4.69) is 10.3 Å². The van der Waals surface area contributed by atoms with Crippen LogP contribution in [0.1, 0.15) is 21.8 Å². The van der Waals surface area contributed by atoms with Gasteiger partial charge in [0, 0.05) is 34.5 Å². The van der Waals surface area contributed by atoms with Gasteiger partial charge in [-0.2, -0.15) is 0 Å². The van der Waals surface area contributed by atoms with E-state index in [0.717, 1.165) is 4.57 Å². The summed E-state index contributed by atoms with van der Waals surface area (Å²) in [5.74, 6) is 0.871. The monoisotopic (exact) mass is 409 g/mol. The summed E-state index contributed by atoms with van der Waals surface area (Å²) < 4.78 is 12.1. The predicted molar refractivity (Wildman–Crippen MR) is 109 cm³/mol. The highest BCUT2D eigenvalue weighted by atomic mass is 35.5. The first kappa shape index (κ1) is 18.8. The molecule has 2 aromatic heterocycles. The number of nitrogens with one attached hydrogen (secondary N) is 1. The van der Waals surface area contributed by atoms with Crippen molar-refractivity contribution in [3.05, 3.63) is 93.1 Å². The summed E-state index contributed by atoms with van der Waals surface area (Å²) in [5.41, 5.74) is 1.67. The van der Waals surface area contributed by atoms with Gasteiger partial charge in [0.2, 0.25) is 0 Å². The highest BCUT2D eigenvalue weighted by molar-refractivity contribution is 6.30. The van der Waals surface area contributed by atoms with Gasteiger partial charge in [-0.1, -0.05) is 17.7 Å². The number of halogens is 1. The fourth-order valence-electron chi connectivity index (χ4n) is 2.77. The average Bonchev–Trinajstić information content (AvgIpc) is 3.08. The molecule has 0 aliphatic carbocycles. The Balaban J connectivity index is 1.46. The Labute approximate surface area is 170 Å². The zero-order valence-electron chi connectivity index (χ0n) is 15.4. The Morgan fingerprint density at radius 3 is 2.76 bits per heavy atom. The molecule has 2 aromatic carbocycles. The zero-order chi connectivity index (χ0) is 20.4. The number of fused-ring (bicyclic) bond motifs is 1. The van der Waals surface area contributed by atoms with E-state index in [1.165, 1.54) is 6.07 Å². The van der Waals surface area contributed by atoms with Crippen LogP contribution in [-0.4, -0.2) is 15.5 Å². The molecule has 4 rings (SSSR count). The number of hydrogen-bond donors (Lipinski definition) is 1. The van der Waals surface area contributed by atoms with Crippen molar-refractivity contribution in [3.63, 3.8) is 0 Å². The summed E-state index contributed by atoms with van der Waals surface area (Å²) in [6, 6.07) is 16.6. The molecular weight excluding hydrogens is 394 g/mol. The number of hydrogen-bond acceptors (Lipinski definition) is 5. The molecule has 0 radical (unpaired) electrons. The lowest BCUT2D eigenvalue weighted by Gasteiger charge is -2.09. The van der Waals surface area contributed by atoms with Gasteiger partial charge in [-0.25, -0.2) is 4.98 Å². The number of aromatic nitrogens is 2. The van der Waals surface area contributed by atoms with E-state index < -0.39 is 0 Å². The van der Waals surface area contributed by atoms with Gasteiger partial charge >= 0.3 is 0 Å². The number of nitrogens with zero attached hydrogens (tertiary/aromatic N) is 2. The fraction of sp³-hybridized carbons (Fsp3) is 0.0952. The fourth-order valence-corrected chi connectivity index (χ4v) is 2.90. The summed E-state index contributed by atoms with van der Waals surface area (Å²) in [7, 11) is 0. The van der Waals surface area contributed by atoms with Gasteiger partial charge in [0.1, 0.15) is 18.1 Å². The van der Waals surface area contributed by atoms with Crippen molar-refractivity contribution < 1.29 is 14.1 Å². The number of carbonyl (C=O) groups is 1. The highest BCUT2D eigenvalue weighted by Gasteiger charge is 2.09. The Kier molecular flexibility index (Phi) is 5.05. The first-order valence-corrected chi connectivity index (χ1v) is 9.15. The molecule has 0 bridgehead atoms. The van der Waals surface area contributed by atoms with E-state index in [1.807, 2.05) is 0 Å². The van der Waals surface area contributed by atoms with Crippen LogP contribution in [0, 0.1) is 6.92 Å².